The molecular weight excluding hydrogens is 319 g/mol. The first-order valence-corrected chi connectivity index (χ1v) is 7.96. The second-order valence-electron chi connectivity index (χ2n) is 5.21. The molecule has 0 unspecified atom stereocenters. The molecule has 0 aliphatic carbocycles. The lowest BCUT2D eigenvalue weighted by Crippen LogP contribution is -2.27. The summed E-state index contributed by atoms with van der Waals surface area (Å²) in [5.41, 5.74) is 1.77. The number of benzene rings is 2. The summed E-state index contributed by atoms with van der Waals surface area (Å²) in [6.07, 6.45) is 0. The van der Waals surface area contributed by atoms with Gasteiger partial charge >= 0.3 is 0 Å². The summed E-state index contributed by atoms with van der Waals surface area (Å²) >= 11 is 1.41. The molecule has 0 aromatic heterocycles. The van der Waals surface area contributed by atoms with Crippen LogP contribution in [-0.2, 0) is 4.79 Å². The SMILES string of the molecule is Cc1ccc(N2C(=O)CS[C@H]2c2ccc([N+](=O)[O-])cc2)cc1F. The number of hydrogen-bond donors (Lipinski definition) is 0. The van der Waals surface area contributed by atoms with Gasteiger partial charge in [0, 0.05) is 17.8 Å². The van der Waals surface area contributed by atoms with Gasteiger partial charge in [-0.3, -0.25) is 19.8 Å². The topological polar surface area (TPSA) is 63.5 Å². The molecule has 1 fully saturated rings. The van der Waals surface area contributed by atoms with Gasteiger partial charge in [0.15, 0.2) is 0 Å². The highest BCUT2D eigenvalue weighted by atomic mass is 32.2. The standard InChI is InChI=1S/C16H13FN2O3S/c1-10-2-5-13(8-14(10)17)18-15(20)9-23-16(18)11-3-6-12(7-4-11)19(21)22/h2-8,16H,9H2,1H3/t16-/m0/s1. The van der Waals surface area contributed by atoms with Crippen molar-refractivity contribution in [2.45, 2.75) is 12.3 Å². The number of hydrogen-bond acceptors (Lipinski definition) is 4. The minimum Gasteiger partial charge on any atom is -0.295 e. The fraction of sp³-hybridized carbons (Fsp3) is 0.188. The minimum atomic E-state index is -0.468. The fourth-order valence-electron chi connectivity index (χ4n) is 2.44. The van der Waals surface area contributed by atoms with Crippen molar-refractivity contribution in [2.24, 2.45) is 0 Å². The van der Waals surface area contributed by atoms with Gasteiger partial charge in [-0.2, -0.15) is 0 Å². The maximum absolute atomic E-state index is 13.8. The van der Waals surface area contributed by atoms with Gasteiger partial charge < -0.3 is 0 Å². The molecule has 23 heavy (non-hydrogen) atoms. The van der Waals surface area contributed by atoms with Gasteiger partial charge in [0.25, 0.3) is 5.69 Å². The molecule has 0 spiro atoms. The second-order valence-corrected chi connectivity index (χ2v) is 6.28. The molecule has 2 aromatic carbocycles. The van der Waals surface area contributed by atoms with Crippen molar-refractivity contribution < 1.29 is 14.1 Å². The maximum Gasteiger partial charge on any atom is 0.269 e. The van der Waals surface area contributed by atoms with Gasteiger partial charge in [0.05, 0.1) is 10.7 Å². The number of nitrogens with zero attached hydrogens (tertiary/aromatic N) is 2. The highest BCUT2D eigenvalue weighted by Gasteiger charge is 2.34. The van der Waals surface area contributed by atoms with E-state index < -0.39 is 4.92 Å². The summed E-state index contributed by atoms with van der Waals surface area (Å²) in [6.45, 7) is 1.66. The predicted octanol–water partition coefficient (Wildman–Crippen LogP) is 3.82. The molecule has 0 bridgehead atoms. The highest BCUT2D eigenvalue weighted by molar-refractivity contribution is 8.00. The Balaban J connectivity index is 1.96. The molecule has 5 nitrogen and oxygen atoms in total. The molecule has 1 heterocycles. The largest absolute Gasteiger partial charge is 0.295 e. The van der Waals surface area contributed by atoms with Crippen molar-refractivity contribution in [1.29, 1.82) is 0 Å². The van der Waals surface area contributed by atoms with E-state index >= 15 is 0 Å². The number of carbonyl (C=O) groups is 1. The van der Waals surface area contributed by atoms with Crippen LogP contribution in [0, 0.1) is 22.9 Å². The van der Waals surface area contributed by atoms with Crippen LogP contribution in [-0.4, -0.2) is 16.6 Å². The van der Waals surface area contributed by atoms with Crippen LogP contribution in [0.15, 0.2) is 42.5 Å². The smallest absolute Gasteiger partial charge is 0.269 e. The zero-order chi connectivity index (χ0) is 16.6. The molecule has 1 atom stereocenters. The Hall–Kier alpha value is -2.41. The molecule has 1 saturated heterocycles. The number of rotatable bonds is 3. The highest BCUT2D eigenvalue weighted by Crippen LogP contribution is 2.42. The van der Waals surface area contributed by atoms with Crippen LogP contribution in [0.3, 0.4) is 0 Å². The Morgan fingerprint density at radius 1 is 1.26 bits per heavy atom. The molecule has 1 aliphatic rings. The fourth-order valence-corrected chi connectivity index (χ4v) is 3.62. The van der Waals surface area contributed by atoms with Crippen molar-refractivity contribution in [3.63, 3.8) is 0 Å². The van der Waals surface area contributed by atoms with Crippen molar-refractivity contribution >= 4 is 29.0 Å². The Kier molecular flexibility index (Phi) is 4.04. The van der Waals surface area contributed by atoms with Gasteiger partial charge in [-0.25, -0.2) is 4.39 Å². The molecule has 2 aromatic rings. The molecular formula is C16H13FN2O3S. The van der Waals surface area contributed by atoms with Crippen molar-refractivity contribution in [3.05, 3.63) is 69.5 Å². The Labute approximate surface area is 136 Å². The molecule has 1 amide bonds. The second kappa shape index (κ2) is 6.00. The van der Waals surface area contributed by atoms with E-state index in [1.54, 1.807) is 31.2 Å². The van der Waals surface area contributed by atoms with Gasteiger partial charge in [-0.05, 0) is 42.3 Å². The van der Waals surface area contributed by atoms with E-state index in [2.05, 4.69) is 0 Å². The van der Waals surface area contributed by atoms with Crippen LogP contribution in [0.5, 0.6) is 0 Å². The van der Waals surface area contributed by atoms with E-state index in [1.807, 2.05) is 0 Å². The summed E-state index contributed by atoms with van der Waals surface area (Å²) in [6, 6.07) is 10.8. The third kappa shape index (κ3) is 2.92. The monoisotopic (exact) mass is 332 g/mol. The Morgan fingerprint density at radius 2 is 1.96 bits per heavy atom. The number of amides is 1. The Bertz CT molecular complexity index is 779. The normalized spacial score (nSPS) is 17.6. The lowest BCUT2D eigenvalue weighted by atomic mass is 10.1. The van der Waals surface area contributed by atoms with Gasteiger partial charge in [-0.1, -0.05) is 6.07 Å². The van der Waals surface area contributed by atoms with E-state index in [0.29, 0.717) is 11.3 Å². The minimum absolute atomic E-state index is 0.00370. The first-order valence-electron chi connectivity index (χ1n) is 6.91. The van der Waals surface area contributed by atoms with E-state index in [0.717, 1.165) is 5.56 Å². The number of thioether (sulfide) groups is 1. The lowest BCUT2D eigenvalue weighted by Gasteiger charge is -2.24. The average molecular weight is 332 g/mol. The number of aryl methyl sites for hydroxylation is 1. The van der Waals surface area contributed by atoms with E-state index in [1.165, 1.54) is 34.9 Å². The third-order valence-corrected chi connectivity index (χ3v) is 4.90. The maximum atomic E-state index is 13.8. The van der Waals surface area contributed by atoms with Crippen LogP contribution in [0.4, 0.5) is 15.8 Å². The zero-order valence-electron chi connectivity index (χ0n) is 12.2. The number of nitro benzene ring substituents is 1. The van der Waals surface area contributed by atoms with E-state index in [-0.39, 0.29) is 28.5 Å². The zero-order valence-corrected chi connectivity index (χ0v) is 13.0. The molecule has 0 N–H and O–H groups in total. The molecule has 3 rings (SSSR count). The van der Waals surface area contributed by atoms with E-state index in [9.17, 15) is 19.3 Å². The lowest BCUT2D eigenvalue weighted by molar-refractivity contribution is -0.384. The van der Waals surface area contributed by atoms with Crippen molar-refractivity contribution in [2.75, 3.05) is 10.7 Å². The molecule has 0 saturated carbocycles. The first kappa shape index (κ1) is 15.5. The average Bonchev–Trinajstić information content (AvgIpc) is 2.92. The summed E-state index contributed by atoms with van der Waals surface area (Å²) in [5, 5.41) is 10.4. The summed E-state index contributed by atoms with van der Waals surface area (Å²) in [5.74, 6) is -0.187. The van der Waals surface area contributed by atoms with Crippen LogP contribution in [0.1, 0.15) is 16.5 Å². The van der Waals surface area contributed by atoms with Crippen LogP contribution < -0.4 is 4.90 Å². The third-order valence-electron chi connectivity index (χ3n) is 3.69. The van der Waals surface area contributed by atoms with Crippen LogP contribution in [0.25, 0.3) is 0 Å². The Morgan fingerprint density at radius 3 is 2.57 bits per heavy atom. The molecule has 7 heteroatoms. The number of halogens is 1. The molecule has 1 aliphatic heterocycles. The van der Waals surface area contributed by atoms with Gasteiger partial charge in [-0.15, -0.1) is 11.8 Å². The first-order chi connectivity index (χ1) is 11.0. The number of non-ortho nitro benzene ring substituents is 1. The summed E-state index contributed by atoms with van der Waals surface area (Å²) < 4.78 is 13.8. The van der Waals surface area contributed by atoms with Crippen LogP contribution in [0.2, 0.25) is 0 Å². The van der Waals surface area contributed by atoms with Gasteiger partial charge in [0.1, 0.15) is 11.2 Å². The van der Waals surface area contributed by atoms with E-state index in [4.69, 9.17) is 0 Å². The molecule has 0 radical (unpaired) electrons. The van der Waals surface area contributed by atoms with Crippen molar-refractivity contribution in [3.8, 4) is 0 Å². The van der Waals surface area contributed by atoms with Crippen molar-refractivity contribution in [1.82, 2.24) is 0 Å². The number of nitro groups is 1. The quantitative estimate of drug-likeness (QED) is 0.633. The molecule has 118 valence electrons. The number of carbonyl (C=O) groups excluding carboxylic acids is 1. The summed E-state index contributed by atoms with van der Waals surface area (Å²) in [4.78, 5) is 24.0. The van der Waals surface area contributed by atoms with Crippen LogP contribution >= 0.6 is 11.8 Å². The number of anilines is 1. The summed E-state index contributed by atoms with van der Waals surface area (Å²) in [7, 11) is 0. The predicted molar refractivity (Wildman–Crippen MR) is 86.9 cm³/mol. The van der Waals surface area contributed by atoms with Gasteiger partial charge in [0.2, 0.25) is 5.91 Å².